The van der Waals surface area contributed by atoms with Crippen molar-refractivity contribution < 1.29 is 14.3 Å². The molecule has 2 aromatic rings. The number of pyridine rings is 1. The zero-order chi connectivity index (χ0) is 16.1. The number of aromatic nitrogens is 1. The van der Waals surface area contributed by atoms with Gasteiger partial charge in [0.25, 0.3) is 0 Å². The molecule has 1 aromatic carbocycles. The molecule has 0 aliphatic carbocycles. The second kappa shape index (κ2) is 7.13. The van der Waals surface area contributed by atoms with Crippen molar-refractivity contribution in [3.05, 3.63) is 54.4 Å². The molecule has 2 heterocycles. The Bertz CT molecular complexity index is 660. The quantitative estimate of drug-likeness (QED) is 0.850. The molecule has 5 nitrogen and oxygen atoms in total. The number of hydrogen-bond donors (Lipinski definition) is 0. The van der Waals surface area contributed by atoms with Crippen LogP contribution < -0.4 is 9.47 Å². The van der Waals surface area contributed by atoms with Crippen molar-refractivity contribution in [1.29, 1.82) is 0 Å². The normalized spacial score (nSPS) is 17.1. The van der Waals surface area contributed by atoms with Gasteiger partial charge in [-0.05, 0) is 29.8 Å². The molecule has 1 fully saturated rings. The Morgan fingerprint density at radius 2 is 2.17 bits per heavy atom. The van der Waals surface area contributed by atoms with Crippen LogP contribution in [-0.2, 0) is 11.2 Å². The first kappa shape index (κ1) is 15.3. The van der Waals surface area contributed by atoms with Crippen LogP contribution in [0.2, 0.25) is 0 Å². The number of benzene rings is 1. The van der Waals surface area contributed by atoms with Crippen molar-refractivity contribution in [2.45, 2.75) is 18.9 Å². The molecule has 1 amide bonds. The maximum Gasteiger partial charge on any atom is 0.227 e. The number of methoxy groups -OCH3 is 1. The molecule has 0 bridgehead atoms. The number of hydrogen-bond acceptors (Lipinski definition) is 4. The Kier molecular flexibility index (Phi) is 4.76. The molecule has 0 spiro atoms. The summed E-state index contributed by atoms with van der Waals surface area (Å²) in [7, 11) is 1.63. The zero-order valence-corrected chi connectivity index (χ0v) is 13.1. The fraction of sp³-hybridized carbons (Fsp3) is 0.333. The van der Waals surface area contributed by atoms with Gasteiger partial charge in [-0.15, -0.1) is 0 Å². The van der Waals surface area contributed by atoms with E-state index in [1.165, 1.54) is 0 Å². The Morgan fingerprint density at radius 3 is 2.96 bits per heavy atom. The van der Waals surface area contributed by atoms with Gasteiger partial charge in [-0.2, -0.15) is 0 Å². The predicted molar refractivity (Wildman–Crippen MR) is 86.5 cm³/mol. The Morgan fingerprint density at radius 1 is 1.30 bits per heavy atom. The van der Waals surface area contributed by atoms with Gasteiger partial charge >= 0.3 is 0 Å². The number of ether oxygens (including phenoxy) is 2. The smallest absolute Gasteiger partial charge is 0.227 e. The van der Waals surface area contributed by atoms with E-state index in [0.29, 0.717) is 13.0 Å². The second-order valence-corrected chi connectivity index (χ2v) is 5.59. The summed E-state index contributed by atoms with van der Waals surface area (Å²) in [6.07, 6.45) is 4.68. The number of carbonyl (C=O) groups is 1. The molecule has 0 saturated carbocycles. The standard InChI is InChI=1S/C18H20N2O3/c1-22-15-5-2-4-14(10-15)11-18(21)20-9-7-17(13-20)23-16-6-3-8-19-12-16/h2-6,8,10,12,17H,7,9,11,13H2,1H3. The van der Waals surface area contributed by atoms with Crippen LogP contribution in [0.15, 0.2) is 48.8 Å². The van der Waals surface area contributed by atoms with Crippen LogP contribution in [0.3, 0.4) is 0 Å². The van der Waals surface area contributed by atoms with Gasteiger partial charge in [0.15, 0.2) is 0 Å². The number of carbonyl (C=O) groups excluding carboxylic acids is 1. The van der Waals surface area contributed by atoms with Crippen molar-refractivity contribution in [2.24, 2.45) is 0 Å². The van der Waals surface area contributed by atoms with E-state index in [-0.39, 0.29) is 12.0 Å². The maximum atomic E-state index is 12.4. The summed E-state index contributed by atoms with van der Waals surface area (Å²) in [6.45, 7) is 1.35. The predicted octanol–water partition coefficient (Wildman–Crippen LogP) is 2.31. The van der Waals surface area contributed by atoms with Crippen LogP contribution in [0.4, 0.5) is 0 Å². The van der Waals surface area contributed by atoms with E-state index in [0.717, 1.165) is 30.0 Å². The van der Waals surface area contributed by atoms with Gasteiger partial charge in [0.1, 0.15) is 17.6 Å². The fourth-order valence-corrected chi connectivity index (χ4v) is 2.73. The minimum Gasteiger partial charge on any atom is -0.497 e. The van der Waals surface area contributed by atoms with E-state index in [4.69, 9.17) is 9.47 Å². The summed E-state index contributed by atoms with van der Waals surface area (Å²) in [5.74, 6) is 1.64. The average molecular weight is 312 g/mol. The molecule has 1 atom stereocenters. The third-order valence-electron chi connectivity index (χ3n) is 3.92. The lowest BCUT2D eigenvalue weighted by Gasteiger charge is -2.17. The van der Waals surface area contributed by atoms with Crippen molar-refractivity contribution in [3.63, 3.8) is 0 Å². The molecule has 1 saturated heterocycles. The highest BCUT2D eigenvalue weighted by atomic mass is 16.5. The van der Waals surface area contributed by atoms with E-state index in [9.17, 15) is 4.79 Å². The van der Waals surface area contributed by atoms with Crippen molar-refractivity contribution in [2.75, 3.05) is 20.2 Å². The summed E-state index contributed by atoms with van der Waals surface area (Å²) in [6, 6.07) is 11.3. The number of rotatable bonds is 5. The van der Waals surface area contributed by atoms with Crippen molar-refractivity contribution in [1.82, 2.24) is 9.88 Å². The maximum absolute atomic E-state index is 12.4. The molecule has 1 unspecified atom stereocenters. The van der Waals surface area contributed by atoms with Crippen LogP contribution in [0, 0.1) is 0 Å². The molecule has 1 aliphatic heterocycles. The molecule has 0 radical (unpaired) electrons. The molecule has 0 N–H and O–H groups in total. The summed E-state index contributed by atoms with van der Waals surface area (Å²) < 4.78 is 11.1. The number of nitrogens with zero attached hydrogens (tertiary/aromatic N) is 2. The molecule has 3 rings (SSSR count). The Balaban J connectivity index is 1.55. The minimum absolute atomic E-state index is 0.0356. The Hall–Kier alpha value is -2.56. The van der Waals surface area contributed by atoms with Crippen LogP contribution in [0.1, 0.15) is 12.0 Å². The van der Waals surface area contributed by atoms with Gasteiger partial charge in [0.05, 0.1) is 26.3 Å². The first-order valence-corrected chi connectivity index (χ1v) is 7.72. The largest absolute Gasteiger partial charge is 0.497 e. The second-order valence-electron chi connectivity index (χ2n) is 5.59. The highest BCUT2D eigenvalue weighted by molar-refractivity contribution is 5.79. The molecule has 1 aromatic heterocycles. The highest BCUT2D eigenvalue weighted by Crippen LogP contribution is 2.19. The van der Waals surface area contributed by atoms with Gasteiger partial charge in [-0.3, -0.25) is 9.78 Å². The molecule has 5 heteroatoms. The summed E-state index contributed by atoms with van der Waals surface area (Å²) >= 11 is 0. The minimum atomic E-state index is 0.0356. The van der Waals surface area contributed by atoms with Crippen LogP contribution in [0.5, 0.6) is 11.5 Å². The van der Waals surface area contributed by atoms with E-state index < -0.39 is 0 Å². The zero-order valence-electron chi connectivity index (χ0n) is 13.1. The van der Waals surface area contributed by atoms with E-state index in [1.54, 1.807) is 19.5 Å². The third kappa shape index (κ3) is 4.00. The summed E-state index contributed by atoms with van der Waals surface area (Å²) in [4.78, 5) is 18.3. The van der Waals surface area contributed by atoms with Crippen LogP contribution in [0.25, 0.3) is 0 Å². The molecule has 23 heavy (non-hydrogen) atoms. The van der Waals surface area contributed by atoms with E-state index in [2.05, 4.69) is 4.98 Å². The van der Waals surface area contributed by atoms with E-state index >= 15 is 0 Å². The van der Waals surface area contributed by atoms with Crippen LogP contribution >= 0.6 is 0 Å². The van der Waals surface area contributed by atoms with Crippen molar-refractivity contribution in [3.8, 4) is 11.5 Å². The first-order chi connectivity index (χ1) is 11.2. The average Bonchev–Trinajstić information content (AvgIpc) is 3.04. The molecular formula is C18H20N2O3. The monoisotopic (exact) mass is 312 g/mol. The molecule has 120 valence electrons. The molecular weight excluding hydrogens is 292 g/mol. The lowest BCUT2D eigenvalue weighted by Crippen LogP contribution is -2.32. The topological polar surface area (TPSA) is 51.7 Å². The summed E-state index contributed by atoms with van der Waals surface area (Å²) in [5.41, 5.74) is 0.964. The van der Waals surface area contributed by atoms with Gasteiger partial charge in [0.2, 0.25) is 5.91 Å². The van der Waals surface area contributed by atoms with Gasteiger partial charge < -0.3 is 14.4 Å². The summed E-state index contributed by atoms with van der Waals surface area (Å²) in [5, 5.41) is 0. The number of amides is 1. The van der Waals surface area contributed by atoms with Crippen molar-refractivity contribution >= 4 is 5.91 Å². The highest BCUT2D eigenvalue weighted by Gasteiger charge is 2.27. The SMILES string of the molecule is COc1cccc(CC(=O)N2CCC(Oc3cccnc3)C2)c1. The Labute approximate surface area is 135 Å². The van der Waals surface area contributed by atoms with Gasteiger partial charge in [0, 0.05) is 19.2 Å². The third-order valence-corrected chi connectivity index (χ3v) is 3.92. The number of likely N-dealkylation sites (tertiary alicyclic amines) is 1. The first-order valence-electron chi connectivity index (χ1n) is 7.72. The van der Waals surface area contributed by atoms with Crippen LogP contribution in [-0.4, -0.2) is 42.1 Å². The lowest BCUT2D eigenvalue weighted by atomic mass is 10.1. The van der Waals surface area contributed by atoms with Gasteiger partial charge in [-0.1, -0.05) is 12.1 Å². The molecule has 1 aliphatic rings. The fourth-order valence-electron chi connectivity index (χ4n) is 2.73. The van der Waals surface area contributed by atoms with E-state index in [1.807, 2.05) is 41.3 Å². The van der Waals surface area contributed by atoms with Gasteiger partial charge in [-0.25, -0.2) is 0 Å². The lowest BCUT2D eigenvalue weighted by molar-refractivity contribution is -0.129.